The van der Waals surface area contributed by atoms with Crippen LogP contribution < -0.4 is 5.56 Å². The third-order valence-corrected chi connectivity index (χ3v) is 3.74. The molecule has 3 rings (SSSR count). The van der Waals surface area contributed by atoms with Crippen LogP contribution in [0.1, 0.15) is 22.8 Å². The van der Waals surface area contributed by atoms with E-state index >= 15 is 0 Å². The standard InChI is InChI=1S/C18H18N2O2/c1-12-7-13(2)9-15(8-12)17(21)11-20-18(22)16-6-4-3-5-14(16)10-19-20/h3-10,17,21H,11H2,1-2H3. The molecule has 0 saturated carbocycles. The average Bonchev–Trinajstić information content (AvgIpc) is 2.49. The molecule has 0 radical (unpaired) electrons. The molecule has 22 heavy (non-hydrogen) atoms. The van der Waals surface area contributed by atoms with Crippen molar-refractivity contribution in [1.29, 1.82) is 0 Å². The van der Waals surface area contributed by atoms with Crippen LogP contribution in [0, 0.1) is 13.8 Å². The lowest BCUT2D eigenvalue weighted by molar-refractivity contribution is 0.149. The van der Waals surface area contributed by atoms with Crippen molar-refractivity contribution in [3.8, 4) is 0 Å². The quantitative estimate of drug-likeness (QED) is 0.808. The van der Waals surface area contributed by atoms with Crippen LogP contribution >= 0.6 is 0 Å². The van der Waals surface area contributed by atoms with Gasteiger partial charge >= 0.3 is 0 Å². The molecule has 4 nitrogen and oxygen atoms in total. The lowest BCUT2D eigenvalue weighted by Gasteiger charge is -2.14. The summed E-state index contributed by atoms with van der Waals surface area (Å²) in [4.78, 5) is 12.4. The van der Waals surface area contributed by atoms with Crippen LogP contribution in [0.4, 0.5) is 0 Å². The number of rotatable bonds is 3. The van der Waals surface area contributed by atoms with Crippen LogP contribution in [0.15, 0.2) is 53.5 Å². The molecular formula is C18H18N2O2. The summed E-state index contributed by atoms with van der Waals surface area (Å²) in [5, 5.41) is 16.0. The summed E-state index contributed by atoms with van der Waals surface area (Å²) >= 11 is 0. The monoisotopic (exact) mass is 294 g/mol. The van der Waals surface area contributed by atoms with E-state index in [1.807, 2.05) is 44.2 Å². The van der Waals surface area contributed by atoms with Crippen LogP contribution in [0.5, 0.6) is 0 Å². The van der Waals surface area contributed by atoms with Gasteiger partial charge in [-0.3, -0.25) is 4.79 Å². The Morgan fingerprint density at radius 2 is 1.82 bits per heavy atom. The lowest BCUT2D eigenvalue weighted by Crippen LogP contribution is -2.25. The zero-order chi connectivity index (χ0) is 15.7. The molecule has 1 N–H and O–H groups in total. The molecule has 1 unspecified atom stereocenters. The zero-order valence-corrected chi connectivity index (χ0v) is 12.7. The maximum Gasteiger partial charge on any atom is 0.274 e. The molecule has 0 aliphatic rings. The first kappa shape index (κ1) is 14.5. The molecule has 112 valence electrons. The molecule has 0 fully saturated rings. The molecule has 0 bridgehead atoms. The summed E-state index contributed by atoms with van der Waals surface area (Å²) in [5.41, 5.74) is 2.81. The summed E-state index contributed by atoms with van der Waals surface area (Å²) in [6.07, 6.45) is 0.898. The Morgan fingerprint density at radius 3 is 2.55 bits per heavy atom. The number of fused-ring (bicyclic) bond motifs is 1. The number of aliphatic hydroxyl groups excluding tert-OH is 1. The normalized spacial score (nSPS) is 12.5. The highest BCUT2D eigenvalue weighted by molar-refractivity contribution is 5.80. The van der Waals surface area contributed by atoms with E-state index in [0.717, 1.165) is 22.1 Å². The van der Waals surface area contributed by atoms with E-state index in [0.29, 0.717) is 5.39 Å². The number of hydrogen-bond acceptors (Lipinski definition) is 3. The summed E-state index contributed by atoms with van der Waals surface area (Å²) in [5.74, 6) is 0. The minimum atomic E-state index is -0.759. The highest BCUT2D eigenvalue weighted by Crippen LogP contribution is 2.18. The fourth-order valence-electron chi connectivity index (χ4n) is 2.73. The smallest absolute Gasteiger partial charge is 0.274 e. The SMILES string of the molecule is Cc1cc(C)cc(C(O)Cn2ncc3ccccc3c2=O)c1. The van der Waals surface area contributed by atoms with Crippen LogP contribution in [0.3, 0.4) is 0 Å². The summed E-state index contributed by atoms with van der Waals surface area (Å²) in [6.45, 7) is 4.12. The van der Waals surface area contributed by atoms with E-state index in [4.69, 9.17) is 0 Å². The molecule has 1 aromatic heterocycles. The van der Waals surface area contributed by atoms with Crippen LogP contribution in [0.25, 0.3) is 10.8 Å². The van der Waals surface area contributed by atoms with Gasteiger partial charge in [-0.1, -0.05) is 47.5 Å². The van der Waals surface area contributed by atoms with Crippen molar-refractivity contribution in [2.45, 2.75) is 26.5 Å². The van der Waals surface area contributed by atoms with E-state index in [2.05, 4.69) is 11.2 Å². The molecular weight excluding hydrogens is 276 g/mol. The Labute approximate surface area is 128 Å². The summed E-state index contributed by atoms with van der Waals surface area (Å²) < 4.78 is 1.32. The van der Waals surface area contributed by atoms with Crippen molar-refractivity contribution in [3.63, 3.8) is 0 Å². The number of nitrogens with zero attached hydrogens (tertiary/aromatic N) is 2. The van der Waals surface area contributed by atoms with Crippen LogP contribution in [-0.4, -0.2) is 14.9 Å². The second-order valence-electron chi connectivity index (χ2n) is 5.66. The maximum atomic E-state index is 12.4. The van der Waals surface area contributed by atoms with Crippen molar-refractivity contribution >= 4 is 10.8 Å². The van der Waals surface area contributed by atoms with Crippen molar-refractivity contribution in [3.05, 3.63) is 75.7 Å². The van der Waals surface area contributed by atoms with E-state index in [1.54, 1.807) is 12.3 Å². The number of aromatic nitrogens is 2. The molecule has 4 heteroatoms. The van der Waals surface area contributed by atoms with Gasteiger partial charge in [0.25, 0.3) is 5.56 Å². The zero-order valence-electron chi connectivity index (χ0n) is 12.7. The number of hydrogen-bond donors (Lipinski definition) is 1. The van der Waals surface area contributed by atoms with Gasteiger partial charge in [-0.15, -0.1) is 0 Å². The van der Waals surface area contributed by atoms with E-state index in [1.165, 1.54) is 4.68 Å². The average molecular weight is 294 g/mol. The largest absolute Gasteiger partial charge is 0.386 e. The molecule has 0 spiro atoms. The molecule has 2 aromatic carbocycles. The first-order valence-electron chi connectivity index (χ1n) is 7.26. The summed E-state index contributed by atoms with van der Waals surface area (Å²) in [7, 11) is 0. The molecule has 3 aromatic rings. The molecule has 0 amide bonds. The van der Waals surface area contributed by atoms with E-state index < -0.39 is 6.10 Å². The fourth-order valence-corrected chi connectivity index (χ4v) is 2.73. The van der Waals surface area contributed by atoms with Gasteiger partial charge in [0.1, 0.15) is 0 Å². The van der Waals surface area contributed by atoms with Crippen LogP contribution in [0.2, 0.25) is 0 Å². The third kappa shape index (κ3) is 2.78. The Hall–Kier alpha value is -2.46. The molecule has 1 atom stereocenters. The van der Waals surface area contributed by atoms with Crippen molar-refractivity contribution in [1.82, 2.24) is 9.78 Å². The van der Waals surface area contributed by atoms with Gasteiger partial charge in [0.2, 0.25) is 0 Å². The molecule has 0 saturated heterocycles. The minimum Gasteiger partial charge on any atom is -0.386 e. The van der Waals surface area contributed by atoms with Gasteiger partial charge in [-0.2, -0.15) is 5.10 Å². The molecule has 0 aliphatic heterocycles. The van der Waals surface area contributed by atoms with Crippen molar-refractivity contribution in [2.24, 2.45) is 0 Å². The Bertz CT molecular complexity index is 863. The van der Waals surface area contributed by atoms with Gasteiger partial charge < -0.3 is 5.11 Å². The predicted molar refractivity (Wildman–Crippen MR) is 86.9 cm³/mol. The maximum absolute atomic E-state index is 12.4. The molecule has 1 heterocycles. The number of aliphatic hydroxyl groups is 1. The first-order valence-corrected chi connectivity index (χ1v) is 7.26. The fraction of sp³-hybridized carbons (Fsp3) is 0.222. The lowest BCUT2D eigenvalue weighted by atomic mass is 10.0. The van der Waals surface area contributed by atoms with E-state index in [9.17, 15) is 9.90 Å². The number of aryl methyl sites for hydroxylation is 2. The van der Waals surface area contributed by atoms with Gasteiger partial charge in [-0.25, -0.2) is 4.68 Å². The van der Waals surface area contributed by atoms with Gasteiger partial charge in [0.05, 0.1) is 24.2 Å². The first-order chi connectivity index (χ1) is 10.5. The highest BCUT2D eigenvalue weighted by atomic mass is 16.3. The predicted octanol–water partition coefficient (Wildman–Crippen LogP) is 2.75. The number of benzene rings is 2. The second-order valence-corrected chi connectivity index (χ2v) is 5.66. The van der Waals surface area contributed by atoms with Crippen LogP contribution in [-0.2, 0) is 6.54 Å². The highest BCUT2D eigenvalue weighted by Gasteiger charge is 2.12. The van der Waals surface area contributed by atoms with Crippen molar-refractivity contribution in [2.75, 3.05) is 0 Å². The van der Waals surface area contributed by atoms with Crippen molar-refractivity contribution < 1.29 is 5.11 Å². The van der Waals surface area contributed by atoms with Gasteiger partial charge in [0.15, 0.2) is 0 Å². The van der Waals surface area contributed by atoms with E-state index in [-0.39, 0.29) is 12.1 Å². The summed E-state index contributed by atoms with van der Waals surface area (Å²) in [6, 6.07) is 13.3. The Balaban J connectivity index is 1.95. The van der Waals surface area contributed by atoms with Gasteiger partial charge in [0, 0.05) is 5.39 Å². The Morgan fingerprint density at radius 1 is 1.14 bits per heavy atom. The van der Waals surface area contributed by atoms with Gasteiger partial charge in [-0.05, 0) is 25.5 Å². The Kier molecular flexibility index (Phi) is 3.77. The second kappa shape index (κ2) is 5.73. The third-order valence-electron chi connectivity index (χ3n) is 3.74. The topological polar surface area (TPSA) is 55.1 Å². The minimum absolute atomic E-state index is 0.145. The molecule has 0 aliphatic carbocycles.